The van der Waals surface area contributed by atoms with Gasteiger partial charge in [-0.2, -0.15) is 0 Å². The lowest BCUT2D eigenvalue weighted by atomic mass is 9.98. The number of methoxy groups -OCH3 is 1. The van der Waals surface area contributed by atoms with Crippen molar-refractivity contribution in [2.45, 2.75) is 51.5 Å². The molecule has 1 aliphatic heterocycles. The summed E-state index contributed by atoms with van der Waals surface area (Å²) in [6, 6.07) is -0.825. The van der Waals surface area contributed by atoms with Crippen LogP contribution in [0.15, 0.2) is 0 Å². The Morgan fingerprint density at radius 1 is 1.45 bits per heavy atom. The van der Waals surface area contributed by atoms with Crippen LogP contribution in [0, 0.1) is 5.92 Å². The Labute approximate surface area is 119 Å². The number of esters is 1. The Hall–Kier alpha value is -1.34. The highest BCUT2D eigenvalue weighted by Crippen LogP contribution is 2.20. The fourth-order valence-corrected chi connectivity index (χ4v) is 2.10. The molecular weight excluding hydrogens is 264 g/mol. The van der Waals surface area contributed by atoms with Crippen LogP contribution < -0.4 is 10.6 Å². The molecule has 116 valence electrons. The van der Waals surface area contributed by atoms with Gasteiger partial charge in [0.1, 0.15) is 17.9 Å². The maximum absolute atomic E-state index is 11.7. The third-order valence-electron chi connectivity index (χ3n) is 3.03. The van der Waals surface area contributed by atoms with Crippen LogP contribution in [0.1, 0.15) is 33.6 Å². The molecule has 1 heterocycles. The molecule has 1 aliphatic rings. The number of ether oxygens (including phenoxy) is 2. The largest absolute Gasteiger partial charge is 0.467 e. The number of amides is 1. The normalized spacial score (nSPS) is 24.1. The van der Waals surface area contributed by atoms with Crippen molar-refractivity contribution < 1.29 is 24.2 Å². The van der Waals surface area contributed by atoms with Gasteiger partial charge in [-0.25, -0.2) is 9.59 Å². The molecule has 0 aromatic rings. The fraction of sp³-hybridized carbons (Fsp3) is 0.846. The number of hydrogen-bond acceptors (Lipinski definition) is 6. The Kier molecular flexibility index (Phi) is 5.76. The number of carbonyl (C=O) groups excluding carboxylic acids is 2. The smallest absolute Gasteiger partial charge is 0.408 e. The molecule has 3 atom stereocenters. The second-order valence-corrected chi connectivity index (χ2v) is 5.91. The number of hydrogen-bond donors (Lipinski definition) is 3. The standard InChI is InChI=1S/C13H24N2O5/c1-13(2,3)20-12(18)15-9(11(17)19-4)7-8-5-6-14-10(8)16/h8-10,14,16H,5-7H2,1-4H3,(H,15,18)/t8-,9?,10-/m0/s1. The number of alkyl carbamates (subject to hydrolysis) is 1. The quantitative estimate of drug-likeness (QED) is 0.647. The van der Waals surface area contributed by atoms with Crippen LogP contribution in [-0.4, -0.2) is 48.7 Å². The summed E-state index contributed by atoms with van der Waals surface area (Å²) in [5, 5.41) is 15.1. The monoisotopic (exact) mass is 288 g/mol. The average Bonchev–Trinajstić information content (AvgIpc) is 2.70. The molecule has 0 aromatic heterocycles. The van der Waals surface area contributed by atoms with Crippen LogP contribution >= 0.6 is 0 Å². The van der Waals surface area contributed by atoms with E-state index in [0.717, 1.165) is 6.42 Å². The third kappa shape index (κ3) is 5.34. The summed E-state index contributed by atoms with van der Waals surface area (Å²) >= 11 is 0. The topological polar surface area (TPSA) is 96.9 Å². The second-order valence-electron chi connectivity index (χ2n) is 5.91. The van der Waals surface area contributed by atoms with E-state index in [1.807, 2.05) is 0 Å². The van der Waals surface area contributed by atoms with Crippen molar-refractivity contribution in [1.82, 2.24) is 10.6 Å². The van der Waals surface area contributed by atoms with Crippen molar-refractivity contribution in [3.05, 3.63) is 0 Å². The maximum Gasteiger partial charge on any atom is 0.408 e. The van der Waals surface area contributed by atoms with Gasteiger partial charge in [-0.1, -0.05) is 0 Å². The first kappa shape index (κ1) is 16.7. The Morgan fingerprint density at radius 3 is 2.55 bits per heavy atom. The van der Waals surface area contributed by atoms with Crippen LogP contribution in [-0.2, 0) is 14.3 Å². The van der Waals surface area contributed by atoms with E-state index < -0.39 is 29.9 Å². The molecule has 1 amide bonds. The second kappa shape index (κ2) is 6.90. The highest BCUT2D eigenvalue weighted by molar-refractivity contribution is 5.81. The molecule has 0 bridgehead atoms. The lowest BCUT2D eigenvalue weighted by Crippen LogP contribution is -2.46. The molecule has 0 aliphatic carbocycles. The van der Waals surface area contributed by atoms with Crippen molar-refractivity contribution in [3.63, 3.8) is 0 Å². The van der Waals surface area contributed by atoms with Gasteiger partial charge in [0.05, 0.1) is 7.11 Å². The SMILES string of the molecule is COC(=O)C(C[C@@H]1CCN[C@H]1O)NC(=O)OC(C)(C)C. The molecule has 7 nitrogen and oxygen atoms in total. The zero-order valence-electron chi connectivity index (χ0n) is 12.4. The van der Waals surface area contributed by atoms with E-state index in [-0.39, 0.29) is 5.92 Å². The van der Waals surface area contributed by atoms with Crippen LogP contribution in [0.3, 0.4) is 0 Å². The molecule has 1 fully saturated rings. The summed E-state index contributed by atoms with van der Waals surface area (Å²) in [4.78, 5) is 23.4. The van der Waals surface area contributed by atoms with Crippen molar-refractivity contribution in [1.29, 1.82) is 0 Å². The summed E-state index contributed by atoms with van der Waals surface area (Å²) in [5.41, 5.74) is -0.640. The van der Waals surface area contributed by atoms with Crippen LogP contribution in [0.4, 0.5) is 4.79 Å². The third-order valence-corrected chi connectivity index (χ3v) is 3.03. The minimum atomic E-state index is -0.825. The minimum Gasteiger partial charge on any atom is -0.467 e. The summed E-state index contributed by atoms with van der Waals surface area (Å²) in [6.45, 7) is 5.91. The van der Waals surface area contributed by atoms with E-state index >= 15 is 0 Å². The van der Waals surface area contributed by atoms with E-state index in [1.165, 1.54) is 7.11 Å². The highest BCUT2D eigenvalue weighted by atomic mass is 16.6. The van der Waals surface area contributed by atoms with Crippen molar-refractivity contribution >= 4 is 12.1 Å². The van der Waals surface area contributed by atoms with Gasteiger partial charge in [0.2, 0.25) is 0 Å². The van der Waals surface area contributed by atoms with Crippen LogP contribution in [0.25, 0.3) is 0 Å². The zero-order valence-corrected chi connectivity index (χ0v) is 12.4. The molecular formula is C13H24N2O5. The molecule has 0 radical (unpaired) electrons. The molecule has 0 aromatic carbocycles. The van der Waals surface area contributed by atoms with Gasteiger partial charge in [-0.15, -0.1) is 0 Å². The molecule has 1 rings (SSSR count). The van der Waals surface area contributed by atoms with Gasteiger partial charge in [0.25, 0.3) is 0 Å². The van der Waals surface area contributed by atoms with Gasteiger partial charge in [-0.3, -0.25) is 5.32 Å². The van der Waals surface area contributed by atoms with Crippen LogP contribution in [0.2, 0.25) is 0 Å². The van der Waals surface area contributed by atoms with E-state index in [4.69, 9.17) is 4.74 Å². The molecule has 1 unspecified atom stereocenters. The summed E-state index contributed by atoms with van der Waals surface area (Å²) < 4.78 is 9.80. The summed E-state index contributed by atoms with van der Waals surface area (Å²) in [7, 11) is 1.26. The number of carbonyl (C=O) groups is 2. The van der Waals surface area contributed by atoms with Gasteiger partial charge in [-0.05, 0) is 40.2 Å². The predicted molar refractivity (Wildman–Crippen MR) is 71.9 cm³/mol. The van der Waals surface area contributed by atoms with E-state index in [1.54, 1.807) is 20.8 Å². The first-order valence-electron chi connectivity index (χ1n) is 6.71. The highest BCUT2D eigenvalue weighted by Gasteiger charge is 2.32. The zero-order chi connectivity index (χ0) is 15.3. The molecule has 1 saturated heterocycles. The maximum atomic E-state index is 11.7. The number of nitrogens with one attached hydrogen (secondary N) is 2. The Balaban J connectivity index is 2.60. The summed E-state index contributed by atoms with van der Waals surface area (Å²) in [5.74, 6) is -0.649. The molecule has 0 spiro atoms. The molecule has 0 saturated carbocycles. The number of aliphatic hydroxyl groups excluding tert-OH is 1. The Bertz CT molecular complexity index is 353. The van der Waals surface area contributed by atoms with E-state index in [0.29, 0.717) is 13.0 Å². The van der Waals surface area contributed by atoms with Gasteiger partial charge >= 0.3 is 12.1 Å². The minimum absolute atomic E-state index is 0.103. The van der Waals surface area contributed by atoms with Crippen molar-refractivity contribution in [2.24, 2.45) is 5.92 Å². The van der Waals surface area contributed by atoms with Gasteiger partial charge in [0.15, 0.2) is 0 Å². The van der Waals surface area contributed by atoms with Crippen molar-refractivity contribution in [3.8, 4) is 0 Å². The van der Waals surface area contributed by atoms with Crippen molar-refractivity contribution in [2.75, 3.05) is 13.7 Å². The first-order chi connectivity index (χ1) is 9.23. The molecule has 3 N–H and O–H groups in total. The first-order valence-corrected chi connectivity index (χ1v) is 6.71. The Morgan fingerprint density at radius 2 is 2.10 bits per heavy atom. The van der Waals surface area contributed by atoms with Gasteiger partial charge < -0.3 is 19.9 Å². The molecule has 7 heteroatoms. The fourth-order valence-electron chi connectivity index (χ4n) is 2.10. The summed E-state index contributed by atoms with van der Waals surface area (Å²) in [6.07, 6.45) is -0.291. The van der Waals surface area contributed by atoms with E-state index in [2.05, 4.69) is 15.4 Å². The lowest BCUT2D eigenvalue weighted by molar-refractivity contribution is -0.143. The average molecular weight is 288 g/mol. The molecule has 20 heavy (non-hydrogen) atoms. The number of rotatable bonds is 4. The lowest BCUT2D eigenvalue weighted by Gasteiger charge is -2.24. The van der Waals surface area contributed by atoms with E-state index in [9.17, 15) is 14.7 Å². The van der Waals surface area contributed by atoms with Gasteiger partial charge in [0, 0.05) is 5.92 Å². The van der Waals surface area contributed by atoms with Crippen LogP contribution in [0.5, 0.6) is 0 Å². The number of aliphatic hydroxyl groups is 1. The predicted octanol–water partition coefficient (Wildman–Crippen LogP) is 0.371.